The zero-order chi connectivity index (χ0) is 31.1. The van der Waals surface area contributed by atoms with Crippen LogP contribution in [-0.4, -0.2) is 16.2 Å². The number of anilines is 2. The molecule has 0 radical (unpaired) electrons. The molecule has 3 heterocycles. The van der Waals surface area contributed by atoms with E-state index < -0.39 is 0 Å². The van der Waals surface area contributed by atoms with E-state index in [1.165, 1.54) is 48.6 Å². The highest BCUT2D eigenvalue weighted by atomic mass is 32.1. The Kier molecular flexibility index (Phi) is 5.76. The molecule has 47 heavy (non-hydrogen) atoms. The molecule has 0 saturated heterocycles. The smallest absolute Gasteiger partial charge is 0.278 e. The summed E-state index contributed by atoms with van der Waals surface area (Å²) in [5.74, 6) is 2.36. The lowest BCUT2D eigenvalue weighted by atomic mass is 9.77. The van der Waals surface area contributed by atoms with Crippen molar-refractivity contribution in [1.29, 1.82) is 0 Å². The molecule has 3 atom stereocenters. The molecule has 4 heteroatoms. The molecular weight excluding hydrogens is 591 g/mol. The van der Waals surface area contributed by atoms with Crippen molar-refractivity contribution in [3.63, 3.8) is 0 Å². The average Bonchev–Trinajstić information content (AvgIpc) is 3.66. The van der Waals surface area contributed by atoms with E-state index in [-0.39, 0.29) is 17.4 Å². The predicted octanol–water partition coefficient (Wildman–Crippen LogP) is 10.9. The van der Waals surface area contributed by atoms with Gasteiger partial charge >= 0.3 is 0 Å². The Hall–Kier alpha value is -5.32. The van der Waals surface area contributed by atoms with Gasteiger partial charge in [0.15, 0.2) is 0 Å². The molecule has 224 valence electrons. The van der Waals surface area contributed by atoms with Gasteiger partial charge in [-0.15, -0.1) is 11.3 Å². The maximum Gasteiger partial charge on any atom is 0.278 e. The summed E-state index contributed by atoms with van der Waals surface area (Å²) in [4.78, 5) is 9.22. The SMILES string of the molecule is CC1(C2=NC(c3ccccc3)=[N+]2c2ccc(N3c4ccccc4C4c5ccccc5-c5c(sc6ccccc56)C43)cc2)C=CC=CC1. The summed E-state index contributed by atoms with van der Waals surface area (Å²) in [5, 5.41) is 1.36. The van der Waals surface area contributed by atoms with Crippen molar-refractivity contribution in [2.75, 3.05) is 4.90 Å². The van der Waals surface area contributed by atoms with Crippen LogP contribution < -0.4 is 4.90 Å². The van der Waals surface area contributed by atoms with Crippen LogP contribution in [0.2, 0.25) is 0 Å². The van der Waals surface area contributed by atoms with Crippen molar-refractivity contribution >= 4 is 50.2 Å². The third-order valence-electron chi connectivity index (χ3n) is 10.4. The van der Waals surface area contributed by atoms with E-state index in [0.29, 0.717) is 0 Å². The molecule has 0 amide bonds. The largest absolute Gasteiger partial charge is 0.332 e. The standard InChI is InChI=1S/C43H32N3S/c1-43(26-12-3-13-27-43)42-44-41(28-14-4-2-5-15-28)46(42)30-24-22-29(23-25-30)45-35-20-10-8-18-33(35)37-31-16-6-7-17-32(31)38-34-19-9-11-21-36(34)47-40(38)39(37)45/h2-26,37,39H,27H2,1H3/q+1. The Morgan fingerprint density at radius 1 is 0.766 bits per heavy atom. The summed E-state index contributed by atoms with van der Waals surface area (Å²) in [5.41, 5.74) is 10.2. The summed E-state index contributed by atoms with van der Waals surface area (Å²) < 4.78 is 3.72. The third-order valence-corrected chi connectivity index (χ3v) is 11.6. The fourth-order valence-electron chi connectivity index (χ4n) is 8.21. The van der Waals surface area contributed by atoms with Crippen LogP contribution in [0.4, 0.5) is 17.1 Å². The van der Waals surface area contributed by atoms with E-state index in [4.69, 9.17) is 4.99 Å². The Bertz CT molecular complexity index is 2360. The van der Waals surface area contributed by atoms with Crippen LogP contribution in [0.25, 0.3) is 21.2 Å². The second kappa shape index (κ2) is 10.1. The van der Waals surface area contributed by atoms with Crippen molar-refractivity contribution < 1.29 is 4.58 Å². The van der Waals surface area contributed by atoms with Crippen LogP contribution in [-0.2, 0) is 0 Å². The van der Waals surface area contributed by atoms with E-state index in [0.717, 1.165) is 29.3 Å². The van der Waals surface area contributed by atoms with Gasteiger partial charge in [0.1, 0.15) is 5.69 Å². The van der Waals surface area contributed by atoms with Gasteiger partial charge in [0.05, 0.1) is 17.0 Å². The summed E-state index contributed by atoms with van der Waals surface area (Å²) in [6.07, 6.45) is 9.76. The van der Waals surface area contributed by atoms with Crippen LogP contribution in [0.5, 0.6) is 0 Å². The van der Waals surface area contributed by atoms with Gasteiger partial charge in [-0.05, 0) is 78.6 Å². The molecular formula is C43H32N3S+. The highest BCUT2D eigenvalue weighted by molar-refractivity contribution is 7.19. The summed E-state index contributed by atoms with van der Waals surface area (Å²) >= 11 is 1.96. The molecule has 6 aromatic rings. The number of aliphatic imine (C=N–C) groups is 1. The Morgan fingerprint density at radius 3 is 2.34 bits per heavy atom. The lowest BCUT2D eigenvalue weighted by Crippen LogP contribution is -2.44. The van der Waals surface area contributed by atoms with Crippen molar-refractivity contribution in [2.24, 2.45) is 10.4 Å². The minimum atomic E-state index is -0.153. The van der Waals surface area contributed by atoms with Gasteiger partial charge in [-0.25, -0.2) is 0 Å². The zero-order valence-corrected chi connectivity index (χ0v) is 26.9. The first-order chi connectivity index (χ1) is 23.2. The Balaban J connectivity index is 1.12. The number of amidine groups is 2. The maximum absolute atomic E-state index is 5.16. The zero-order valence-electron chi connectivity index (χ0n) is 26.0. The summed E-state index contributed by atoms with van der Waals surface area (Å²) in [7, 11) is 0. The molecule has 0 N–H and O–H groups in total. The lowest BCUT2D eigenvalue weighted by molar-refractivity contribution is -0.331. The van der Waals surface area contributed by atoms with Crippen molar-refractivity contribution in [3.8, 4) is 11.1 Å². The number of nitrogens with zero attached hydrogens (tertiary/aromatic N) is 3. The molecule has 4 aliphatic rings. The van der Waals surface area contributed by atoms with E-state index in [9.17, 15) is 0 Å². The van der Waals surface area contributed by atoms with E-state index >= 15 is 0 Å². The molecule has 3 nitrogen and oxygen atoms in total. The van der Waals surface area contributed by atoms with Gasteiger partial charge in [0.25, 0.3) is 11.7 Å². The van der Waals surface area contributed by atoms with Gasteiger partial charge in [0, 0.05) is 37.8 Å². The van der Waals surface area contributed by atoms with E-state index in [1.54, 1.807) is 0 Å². The monoisotopic (exact) mass is 622 g/mol. The molecule has 0 spiro atoms. The topological polar surface area (TPSA) is 18.6 Å². The first-order valence-corrected chi connectivity index (χ1v) is 17.3. The second-order valence-electron chi connectivity index (χ2n) is 13.2. The minimum absolute atomic E-state index is 0.153. The van der Waals surface area contributed by atoms with Crippen LogP contribution in [0.3, 0.4) is 0 Å². The molecule has 0 fully saturated rings. The second-order valence-corrected chi connectivity index (χ2v) is 14.2. The number of rotatable bonds is 4. The molecule has 0 saturated carbocycles. The fraction of sp³-hybridized carbons (Fsp3) is 0.116. The van der Waals surface area contributed by atoms with Gasteiger partial charge in [0.2, 0.25) is 0 Å². The van der Waals surface area contributed by atoms with Crippen molar-refractivity contribution in [2.45, 2.75) is 25.3 Å². The maximum atomic E-state index is 5.16. The molecule has 2 aliphatic heterocycles. The summed E-state index contributed by atoms with van der Waals surface area (Å²) in [6, 6.07) is 47.0. The first kappa shape index (κ1) is 26.9. The van der Waals surface area contributed by atoms with Gasteiger partial charge < -0.3 is 4.90 Å². The van der Waals surface area contributed by atoms with Crippen molar-refractivity contribution in [1.82, 2.24) is 0 Å². The highest BCUT2D eigenvalue weighted by Crippen LogP contribution is 2.63. The number of hydrogen-bond donors (Lipinski definition) is 0. The van der Waals surface area contributed by atoms with Gasteiger partial charge in [-0.2, -0.15) is 4.58 Å². The van der Waals surface area contributed by atoms with Gasteiger partial charge in [-0.1, -0.05) is 108 Å². The van der Waals surface area contributed by atoms with Crippen LogP contribution in [0.15, 0.2) is 157 Å². The molecule has 10 rings (SSSR count). The predicted molar refractivity (Wildman–Crippen MR) is 196 cm³/mol. The molecule has 1 aromatic heterocycles. The Labute approximate surface area is 278 Å². The highest BCUT2D eigenvalue weighted by Gasteiger charge is 2.47. The number of para-hydroxylation sites is 1. The van der Waals surface area contributed by atoms with Crippen molar-refractivity contribution in [3.05, 3.63) is 173 Å². The van der Waals surface area contributed by atoms with Gasteiger partial charge in [-0.3, -0.25) is 0 Å². The fourth-order valence-corrected chi connectivity index (χ4v) is 9.56. The number of allylic oxidation sites excluding steroid dienone is 3. The molecule has 0 bridgehead atoms. The Morgan fingerprint density at radius 2 is 1.51 bits per heavy atom. The lowest BCUT2D eigenvalue weighted by Gasteiger charge is -2.35. The van der Waals surface area contributed by atoms with E-state index in [2.05, 4.69) is 168 Å². The number of thiophene rings is 1. The van der Waals surface area contributed by atoms with E-state index in [1.807, 2.05) is 11.3 Å². The third kappa shape index (κ3) is 3.85. The first-order valence-electron chi connectivity index (χ1n) is 16.4. The minimum Gasteiger partial charge on any atom is -0.332 e. The number of fused-ring (bicyclic) bond motifs is 10. The quantitative estimate of drug-likeness (QED) is 0.179. The average molecular weight is 623 g/mol. The molecule has 3 unspecified atom stereocenters. The van der Waals surface area contributed by atoms with Crippen LogP contribution in [0, 0.1) is 5.41 Å². The van der Waals surface area contributed by atoms with Crippen LogP contribution in [0.1, 0.15) is 46.9 Å². The summed E-state index contributed by atoms with van der Waals surface area (Å²) in [6.45, 7) is 2.29. The molecule has 5 aromatic carbocycles. The normalized spacial score (nSPS) is 22.0. The number of hydrogen-bond acceptors (Lipinski definition) is 3. The van der Waals surface area contributed by atoms with Crippen LogP contribution >= 0.6 is 11.3 Å². The number of benzene rings is 5. The molecule has 2 aliphatic carbocycles.